The number of anilines is 2. The minimum absolute atomic E-state index is 0.0352. The Morgan fingerprint density at radius 2 is 1.76 bits per heavy atom. The van der Waals surface area contributed by atoms with E-state index in [1.807, 2.05) is 6.92 Å². The molecule has 0 radical (unpaired) electrons. The minimum Gasteiger partial charge on any atom is -0.397 e. The maximum Gasteiger partial charge on any atom is 0.178 e. The molecule has 1 aromatic rings. The fourth-order valence-corrected chi connectivity index (χ4v) is 4.94. The first-order valence-electron chi connectivity index (χ1n) is 9.22. The van der Waals surface area contributed by atoms with E-state index in [1.165, 1.54) is 43.9 Å². The van der Waals surface area contributed by atoms with Crippen LogP contribution in [-0.4, -0.2) is 20.0 Å². The molecule has 6 heteroatoms. The van der Waals surface area contributed by atoms with Gasteiger partial charge >= 0.3 is 0 Å². The highest BCUT2D eigenvalue weighted by atomic mass is 32.2. The highest BCUT2D eigenvalue weighted by Crippen LogP contribution is 2.30. The van der Waals surface area contributed by atoms with Gasteiger partial charge in [0.05, 0.1) is 22.0 Å². The maximum absolute atomic E-state index is 12.4. The number of Topliss-reactive ketones (excluding diaryl/α,β-unsaturated/α-hetero) is 1. The van der Waals surface area contributed by atoms with Gasteiger partial charge in [0.1, 0.15) is 5.78 Å². The molecule has 0 amide bonds. The van der Waals surface area contributed by atoms with E-state index < -0.39 is 9.84 Å². The van der Waals surface area contributed by atoms with Gasteiger partial charge in [0, 0.05) is 12.3 Å². The molecular formula is C19H30N2O3S. The zero-order valence-electron chi connectivity index (χ0n) is 15.0. The minimum atomic E-state index is -3.44. The molecule has 0 aliphatic heterocycles. The Kier molecular flexibility index (Phi) is 6.87. The zero-order chi connectivity index (χ0) is 18.4. The van der Waals surface area contributed by atoms with Gasteiger partial charge in [-0.05, 0) is 43.4 Å². The molecule has 0 aromatic heterocycles. The highest BCUT2D eigenvalue weighted by molar-refractivity contribution is 7.91. The van der Waals surface area contributed by atoms with Gasteiger partial charge < -0.3 is 11.5 Å². The SMILES string of the molecule is CC(C(=O)CCCS(=O)(=O)c1ccc(N)c(N)c1)C1CCCCCC1. The van der Waals surface area contributed by atoms with Crippen LogP contribution in [0, 0.1) is 11.8 Å². The van der Waals surface area contributed by atoms with Gasteiger partial charge in [-0.15, -0.1) is 0 Å². The fraction of sp³-hybridized carbons (Fsp3) is 0.632. The lowest BCUT2D eigenvalue weighted by Crippen LogP contribution is -2.21. The summed E-state index contributed by atoms with van der Waals surface area (Å²) in [4.78, 5) is 12.6. The second-order valence-corrected chi connectivity index (χ2v) is 9.33. The molecule has 1 saturated carbocycles. The molecule has 2 rings (SSSR count). The number of hydrogen-bond donors (Lipinski definition) is 2. The summed E-state index contributed by atoms with van der Waals surface area (Å²) < 4.78 is 24.8. The number of ketones is 1. The summed E-state index contributed by atoms with van der Waals surface area (Å²) >= 11 is 0. The van der Waals surface area contributed by atoms with Crippen molar-refractivity contribution in [2.75, 3.05) is 17.2 Å². The third-order valence-corrected chi connectivity index (χ3v) is 7.17. The quantitative estimate of drug-likeness (QED) is 0.567. The molecule has 25 heavy (non-hydrogen) atoms. The van der Waals surface area contributed by atoms with Crippen LogP contribution in [0.4, 0.5) is 11.4 Å². The third kappa shape index (κ3) is 5.46. The molecule has 0 heterocycles. The Morgan fingerprint density at radius 3 is 2.36 bits per heavy atom. The van der Waals surface area contributed by atoms with Crippen LogP contribution >= 0.6 is 0 Å². The molecular weight excluding hydrogens is 336 g/mol. The summed E-state index contributed by atoms with van der Waals surface area (Å²) in [6, 6.07) is 4.36. The van der Waals surface area contributed by atoms with Crippen molar-refractivity contribution in [3.05, 3.63) is 18.2 Å². The molecule has 5 nitrogen and oxygen atoms in total. The molecule has 0 saturated heterocycles. The number of carbonyl (C=O) groups is 1. The van der Waals surface area contributed by atoms with Crippen molar-refractivity contribution in [3.63, 3.8) is 0 Å². The average molecular weight is 367 g/mol. The number of rotatable bonds is 7. The number of sulfone groups is 1. The van der Waals surface area contributed by atoms with Gasteiger partial charge in [0.25, 0.3) is 0 Å². The molecule has 1 unspecified atom stereocenters. The van der Waals surface area contributed by atoms with Crippen molar-refractivity contribution in [2.45, 2.75) is 63.2 Å². The summed E-state index contributed by atoms with van der Waals surface area (Å²) in [6.45, 7) is 2.01. The summed E-state index contributed by atoms with van der Waals surface area (Å²) in [7, 11) is -3.44. The Labute approximate surface area is 151 Å². The summed E-state index contributed by atoms with van der Waals surface area (Å²) in [5, 5.41) is 0. The Balaban J connectivity index is 1.87. The van der Waals surface area contributed by atoms with E-state index >= 15 is 0 Å². The molecule has 0 bridgehead atoms. The Bertz CT molecular complexity index is 693. The molecule has 1 atom stereocenters. The van der Waals surface area contributed by atoms with Crippen molar-refractivity contribution in [1.82, 2.24) is 0 Å². The summed E-state index contributed by atoms with van der Waals surface area (Å²) in [6.07, 6.45) is 7.85. The fourth-order valence-electron chi connectivity index (χ4n) is 3.60. The molecule has 1 aliphatic carbocycles. The van der Waals surface area contributed by atoms with Crippen molar-refractivity contribution in [3.8, 4) is 0 Å². The smallest absolute Gasteiger partial charge is 0.178 e. The standard InChI is InChI=1S/C19H30N2O3S/c1-14(15-7-4-2-3-5-8-15)19(22)9-6-12-25(23,24)16-10-11-17(20)18(21)13-16/h10-11,13-15H,2-9,12,20-21H2,1H3. The number of carbonyl (C=O) groups excluding carboxylic acids is 1. The van der Waals surface area contributed by atoms with Crippen LogP contribution in [0.25, 0.3) is 0 Å². The second-order valence-electron chi connectivity index (χ2n) is 7.22. The van der Waals surface area contributed by atoms with Crippen LogP contribution in [-0.2, 0) is 14.6 Å². The first-order chi connectivity index (χ1) is 11.8. The lowest BCUT2D eigenvalue weighted by molar-refractivity contribution is -0.124. The van der Waals surface area contributed by atoms with Gasteiger partial charge in [-0.25, -0.2) is 8.42 Å². The van der Waals surface area contributed by atoms with Gasteiger partial charge in [0.15, 0.2) is 9.84 Å². The topological polar surface area (TPSA) is 103 Å². The lowest BCUT2D eigenvalue weighted by Gasteiger charge is -2.21. The normalized spacial score (nSPS) is 17.8. The second kappa shape index (κ2) is 8.70. The van der Waals surface area contributed by atoms with Gasteiger partial charge in [0.2, 0.25) is 0 Å². The van der Waals surface area contributed by atoms with Crippen LogP contribution in [0.15, 0.2) is 23.1 Å². The van der Waals surface area contributed by atoms with E-state index in [0.29, 0.717) is 24.4 Å². The van der Waals surface area contributed by atoms with Crippen LogP contribution < -0.4 is 11.5 Å². The predicted octanol–water partition coefficient (Wildman–Crippen LogP) is 3.58. The Morgan fingerprint density at radius 1 is 1.12 bits per heavy atom. The highest BCUT2D eigenvalue weighted by Gasteiger charge is 2.25. The molecule has 1 fully saturated rings. The number of nitrogens with two attached hydrogens (primary N) is 2. The average Bonchev–Trinajstić information content (AvgIpc) is 2.85. The van der Waals surface area contributed by atoms with E-state index in [1.54, 1.807) is 0 Å². The molecule has 4 N–H and O–H groups in total. The van der Waals surface area contributed by atoms with E-state index in [9.17, 15) is 13.2 Å². The van der Waals surface area contributed by atoms with Crippen LogP contribution in [0.3, 0.4) is 0 Å². The van der Waals surface area contributed by atoms with Crippen molar-refractivity contribution < 1.29 is 13.2 Å². The zero-order valence-corrected chi connectivity index (χ0v) is 15.9. The number of nitrogen functional groups attached to an aromatic ring is 2. The van der Waals surface area contributed by atoms with E-state index in [-0.39, 0.29) is 28.0 Å². The molecule has 1 aliphatic rings. The largest absolute Gasteiger partial charge is 0.397 e. The van der Waals surface area contributed by atoms with Gasteiger partial charge in [-0.2, -0.15) is 0 Å². The summed E-state index contributed by atoms with van der Waals surface area (Å²) in [5.74, 6) is 0.648. The molecule has 0 spiro atoms. The van der Waals surface area contributed by atoms with Crippen LogP contribution in [0.2, 0.25) is 0 Å². The van der Waals surface area contributed by atoms with Gasteiger partial charge in [-0.1, -0.05) is 32.6 Å². The van der Waals surface area contributed by atoms with Crippen molar-refractivity contribution in [1.29, 1.82) is 0 Å². The number of hydrogen-bond acceptors (Lipinski definition) is 5. The molecule has 140 valence electrons. The monoisotopic (exact) mass is 366 g/mol. The first kappa shape index (κ1) is 19.8. The van der Waals surface area contributed by atoms with Crippen LogP contribution in [0.1, 0.15) is 58.3 Å². The van der Waals surface area contributed by atoms with Crippen LogP contribution in [0.5, 0.6) is 0 Å². The maximum atomic E-state index is 12.4. The first-order valence-corrected chi connectivity index (χ1v) is 10.9. The van der Waals surface area contributed by atoms with E-state index in [2.05, 4.69) is 0 Å². The van der Waals surface area contributed by atoms with E-state index in [0.717, 1.165) is 12.8 Å². The predicted molar refractivity (Wildman–Crippen MR) is 102 cm³/mol. The van der Waals surface area contributed by atoms with Gasteiger partial charge in [-0.3, -0.25) is 4.79 Å². The summed E-state index contributed by atoms with van der Waals surface area (Å²) in [5.41, 5.74) is 11.9. The molecule has 1 aromatic carbocycles. The lowest BCUT2D eigenvalue weighted by atomic mass is 9.83. The van der Waals surface area contributed by atoms with Crippen molar-refractivity contribution >= 4 is 27.0 Å². The number of benzene rings is 1. The van der Waals surface area contributed by atoms with Crippen molar-refractivity contribution in [2.24, 2.45) is 11.8 Å². The Hall–Kier alpha value is -1.56. The third-order valence-electron chi connectivity index (χ3n) is 5.37. The van der Waals surface area contributed by atoms with E-state index in [4.69, 9.17) is 11.5 Å².